The van der Waals surface area contributed by atoms with Crippen LogP contribution in [0, 0.1) is 0 Å². The number of hydrogen-bond acceptors (Lipinski definition) is 5. The number of unbranched alkanes of at least 4 members (excludes halogenated alkanes) is 1. The molecule has 0 saturated heterocycles. The van der Waals surface area contributed by atoms with Gasteiger partial charge in [-0.1, -0.05) is 18.9 Å². The van der Waals surface area contributed by atoms with E-state index in [1.54, 1.807) is 7.11 Å². The van der Waals surface area contributed by atoms with Crippen molar-refractivity contribution in [2.75, 3.05) is 32.7 Å². The quantitative estimate of drug-likeness (QED) is 0.458. The monoisotopic (exact) mass is 411 g/mol. The van der Waals surface area contributed by atoms with Crippen LogP contribution < -0.4 is 19.9 Å². The third-order valence-corrected chi connectivity index (χ3v) is 6.50. The van der Waals surface area contributed by atoms with E-state index in [1.165, 1.54) is 30.4 Å². The van der Waals surface area contributed by atoms with Crippen molar-refractivity contribution in [2.45, 2.75) is 56.8 Å². The molecule has 4 rings (SSSR count). The Morgan fingerprint density at radius 2 is 1.90 bits per heavy atom. The molecule has 1 saturated carbocycles. The fraction of sp³-hybridized carbons (Fsp3) is 0.520. The number of aryl methyl sites for hydroxylation is 1. The number of rotatable bonds is 9. The molecule has 0 radical (unpaired) electrons. The summed E-state index contributed by atoms with van der Waals surface area (Å²) in [5.41, 5.74) is 10.9. The van der Waals surface area contributed by atoms with Gasteiger partial charge in [0.25, 0.3) is 0 Å². The fourth-order valence-corrected chi connectivity index (χ4v) is 4.61. The molecule has 0 bridgehead atoms. The highest BCUT2D eigenvalue weighted by Gasteiger charge is 2.27. The first-order valence-electron chi connectivity index (χ1n) is 11.2. The van der Waals surface area contributed by atoms with Crippen molar-refractivity contribution in [2.24, 2.45) is 0 Å². The Balaban J connectivity index is 1.39. The minimum absolute atomic E-state index is 0.0757. The van der Waals surface area contributed by atoms with Crippen LogP contribution in [0.4, 0.5) is 5.69 Å². The van der Waals surface area contributed by atoms with Gasteiger partial charge in [0.15, 0.2) is 11.5 Å². The van der Waals surface area contributed by atoms with Crippen LogP contribution in [-0.2, 0) is 6.42 Å². The van der Waals surface area contributed by atoms with Crippen LogP contribution in [-0.4, -0.2) is 32.0 Å². The molecular formula is C25H33NO4. The van der Waals surface area contributed by atoms with E-state index in [4.69, 9.17) is 19.9 Å². The first-order valence-corrected chi connectivity index (χ1v) is 11.2. The summed E-state index contributed by atoms with van der Waals surface area (Å²) in [4.78, 5) is 0. The second-order valence-corrected chi connectivity index (χ2v) is 8.45. The zero-order valence-electron chi connectivity index (χ0n) is 17.9. The van der Waals surface area contributed by atoms with Gasteiger partial charge in [-0.25, -0.2) is 0 Å². The number of anilines is 1. The maximum Gasteiger partial charge on any atom is 0.161 e. The Kier molecular flexibility index (Phi) is 6.68. The highest BCUT2D eigenvalue weighted by Crippen LogP contribution is 2.44. The molecule has 162 valence electrons. The van der Waals surface area contributed by atoms with Gasteiger partial charge in [0.2, 0.25) is 0 Å². The Morgan fingerprint density at radius 1 is 1.10 bits per heavy atom. The molecule has 30 heavy (non-hydrogen) atoms. The standard InChI is InChI=1S/C25H33NO4/c1-28-20-14-21(18-7-4-8-18)25(22(26)15-20)19(16-27)6-3-2-5-17-9-10-23-24(13-17)30-12-11-29-23/h9-10,13-15,18-19,27H,2-8,11-12,16,26H2,1H3. The zero-order chi connectivity index (χ0) is 20.9. The van der Waals surface area contributed by atoms with Crippen molar-refractivity contribution < 1.29 is 19.3 Å². The van der Waals surface area contributed by atoms with E-state index in [9.17, 15) is 5.11 Å². The second-order valence-electron chi connectivity index (χ2n) is 8.45. The summed E-state index contributed by atoms with van der Waals surface area (Å²) < 4.78 is 16.7. The number of nitrogens with two attached hydrogens (primary N) is 1. The Labute approximate surface area is 179 Å². The molecule has 3 N–H and O–H groups in total. The molecule has 1 atom stereocenters. The number of aliphatic hydroxyl groups excluding tert-OH is 1. The SMILES string of the molecule is COc1cc(N)c(C(CO)CCCCc2ccc3c(c2)OCCO3)c(C2CCC2)c1. The largest absolute Gasteiger partial charge is 0.497 e. The molecule has 2 aromatic rings. The summed E-state index contributed by atoms with van der Waals surface area (Å²) in [5, 5.41) is 10.2. The highest BCUT2D eigenvalue weighted by atomic mass is 16.6. The predicted molar refractivity (Wildman–Crippen MR) is 119 cm³/mol. The second kappa shape index (κ2) is 9.61. The number of nitrogen functional groups attached to an aromatic ring is 1. The van der Waals surface area contributed by atoms with Crippen LogP contribution in [0.2, 0.25) is 0 Å². The normalized spacial score (nSPS) is 16.7. The van der Waals surface area contributed by atoms with E-state index in [0.717, 1.165) is 54.2 Å². The smallest absolute Gasteiger partial charge is 0.161 e. The third-order valence-electron chi connectivity index (χ3n) is 6.50. The van der Waals surface area contributed by atoms with Gasteiger partial charge in [0, 0.05) is 17.7 Å². The van der Waals surface area contributed by atoms with E-state index in [2.05, 4.69) is 18.2 Å². The Hall–Kier alpha value is -2.40. The molecule has 1 aliphatic heterocycles. The maximum atomic E-state index is 10.2. The minimum atomic E-state index is 0.0757. The van der Waals surface area contributed by atoms with Crippen molar-refractivity contribution in [3.8, 4) is 17.2 Å². The zero-order valence-corrected chi connectivity index (χ0v) is 17.9. The maximum absolute atomic E-state index is 10.2. The number of benzene rings is 2. The molecular weight excluding hydrogens is 378 g/mol. The molecule has 2 aromatic carbocycles. The van der Waals surface area contributed by atoms with Gasteiger partial charge >= 0.3 is 0 Å². The molecule has 0 amide bonds. The summed E-state index contributed by atoms with van der Waals surface area (Å²) in [6.07, 6.45) is 7.67. The summed E-state index contributed by atoms with van der Waals surface area (Å²) in [7, 11) is 1.68. The summed E-state index contributed by atoms with van der Waals surface area (Å²) in [5.74, 6) is 3.12. The minimum Gasteiger partial charge on any atom is -0.497 e. The Bertz CT molecular complexity index is 862. The molecule has 5 nitrogen and oxygen atoms in total. The van der Waals surface area contributed by atoms with Crippen molar-refractivity contribution in [1.29, 1.82) is 0 Å². The lowest BCUT2D eigenvalue weighted by Crippen LogP contribution is -2.17. The van der Waals surface area contributed by atoms with Crippen LogP contribution in [0.25, 0.3) is 0 Å². The summed E-state index contributed by atoms with van der Waals surface area (Å²) in [6.45, 7) is 1.35. The van der Waals surface area contributed by atoms with Crippen LogP contribution >= 0.6 is 0 Å². The summed E-state index contributed by atoms with van der Waals surface area (Å²) in [6, 6.07) is 10.2. The molecule has 1 aliphatic carbocycles. The molecule has 2 aliphatic rings. The predicted octanol–water partition coefficient (Wildman–Crippen LogP) is 4.81. The van der Waals surface area contributed by atoms with Gasteiger partial charge in [-0.15, -0.1) is 0 Å². The van der Waals surface area contributed by atoms with Crippen molar-refractivity contribution >= 4 is 5.69 Å². The number of methoxy groups -OCH3 is 1. The number of fused-ring (bicyclic) bond motifs is 1. The van der Waals surface area contributed by atoms with Crippen LogP contribution in [0.15, 0.2) is 30.3 Å². The molecule has 0 spiro atoms. The molecule has 0 aromatic heterocycles. The van der Waals surface area contributed by atoms with Gasteiger partial charge in [0.1, 0.15) is 19.0 Å². The van der Waals surface area contributed by atoms with Gasteiger partial charge < -0.3 is 25.1 Å². The van der Waals surface area contributed by atoms with E-state index in [-0.39, 0.29) is 12.5 Å². The number of hydrogen-bond donors (Lipinski definition) is 2. The lowest BCUT2D eigenvalue weighted by molar-refractivity contribution is 0.171. The lowest BCUT2D eigenvalue weighted by atomic mass is 9.75. The average Bonchev–Trinajstić information content (AvgIpc) is 2.73. The van der Waals surface area contributed by atoms with Crippen molar-refractivity contribution in [1.82, 2.24) is 0 Å². The van der Waals surface area contributed by atoms with Gasteiger partial charge in [-0.3, -0.25) is 0 Å². The first kappa shape index (κ1) is 20.9. The van der Waals surface area contributed by atoms with Crippen molar-refractivity contribution in [3.63, 3.8) is 0 Å². The van der Waals surface area contributed by atoms with Gasteiger partial charge in [0.05, 0.1) is 13.7 Å². The molecule has 1 fully saturated rings. The van der Waals surface area contributed by atoms with E-state index < -0.39 is 0 Å². The van der Waals surface area contributed by atoms with E-state index >= 15 is 0 Å². The lowest BCUT2D eigenvalue weighted by Gasteiger charge is -2.31. The number of ether oxygens (including phenoxy) is 3. The highest BCUT2D eigenvalue weighted by molar-refractivity contribution is 5.58. The molecule has 1 heterocycles. The van der Waals surface area contributed by atoms with Gasteiger partial charge in [-0.2, -0.15) is 0 Å². The van der Waals surface area contributed by atoms with Crippen LogP contribution in [0.1, 0.15) is 67.1 Å². The topological polar surface area (TPSA) is 73.9 Å². The van der Waals surface area contributed by atoms with Gasteiger partial charge in [-0.05, 0) is 72.9 Å². The van der Waals surface area contributed by atoms with Crippen molar-refractivity contribution in [3.05, 3.63) is 47.0 Å². The average molecular weight is 412 g/mol. The summed E-state index contributed by atoms with van der Waals surface area (Å²) >= 11 is 0. The fourth-order valence-electron chi connectivity index (χ4n) is 4.61. The Morgan fingerprint density at radius 3 is 2.60 bits per heavy atom. The molecule has 5 heteroatoms. The van der Waals surface area contributed by atoms with E-state index in [0.29, 0.717) is 19.1 Å². The number of aliphatic hydroxyl groups is 1. The first-order chi connectivity index (χ1) is 14.7. The molecule has 1 unspecified atom stereocenters. The third kappa shape index (κ3) is 4.51. The van der Waals surface area contributed by atoms with E-state index in [1.807, 2.05) is 12.1 Å². The van der Waals surface area contributed by atoms with Crippen LogP contribution in [0.5, 0.6) is 17.2 Å². The van der Waals surface area contributed by atoms with Crippen LogP contribution in [0.3, 0.4) is 0 Å².